The van der Waals surface area contributed by atoms with Gasteiger partial charge in [0.15, 0.2) is 5.75 Å². The summed E-state index contributed by atoms with van der Waals surface area (Å²) in [5.74, 6) is -1.39. The van der Waals surface area contributed by atoms with Crippen molar-refractivity contribution in [1.29, 1.82) is 0 Å². The maximum atomic E-state index is 12.1. The summed E-state index contributed by atoms with van der Waals surface area (Å²) in [6, 6.07) is 3.20. The Morgan fingerprint density at radius 1 is 1.43 bits per heavy atom. The van der Waals surface area contributed by atoms with E-state index in [1.54, 1.807) is 6.92 Å². The van der Waals surface area contributed by atoms with E-state index in [1.165, 1.54) is 32.2 Å². The van der Waals surface area contributed by atoms with E-state index in [0.29, 0.717) is 0 Å². The topological polar surface area (TPSA) is 108 Å². The van der Waals surface area contributed by atoms with Crippen LogP contribution in [0.25, 0.3) is 0 Å². The fourth-order valence-corrected chi connectivity index (χ4v) is 1.66. The number of nitro benzene ring substituents is 1. The molecule has 8 nitrogen and oxygen atoms in total. The van der Waals surface area contributed by atoms with Crippen LogP contribution in [-0.4, -0.2) is 36.6 Å². The normalized spacial score (nSPS) is 11.4. The molecule has 114 valence electrons. The van der Waals surface area contributed by atoms with E-state index in [1.807, 2.05) is 0 Å². The van der Waals surface area contributed by atoms with E-state index in [2.05, 4.69) is 5.32 Å². The number of esters is 1. The van der Waals surface area contributed by atoms with Gasteiger partial charge < -0.3 is 14.8 Å². The number of para-hydroxylation sites is 1. The SMILES string of the molecule is CCOC(=O)C(C)NC(=O)c1cccc(OC)c1[N+](=O)[O-]. The molecule has 0 heterocycles. The van der Waals surface area contributed by atoms with Crippen molar-refractivity contribution in [1.82, 2.24) is 5.32 Å². The highest BCUT2D eigenvalue weighted by molar-refractivity contribution is 6.00. The van der Waals surface area contributed by atoms with Gasteiger partial charge in [0, 0.05) is 0 Å². The summed E-state index contributed by atoms with van der Waals surface area (Å²) in [7, 11) is 1.27. The van der Waals surface area contributed by atoms with Crippen molar-refractivity contribution >= 4 is 17.6 Å². The Balaban J connectivity index is 3.03. The van der Waals surface area contributed by atoms with E-state index < -0.39 is 28.5 Å². The number of benzene rings is 1. The van der Waals surface area contributed by atoms with Gasteiger partial charge in [0.05, 0.1) is 18.6 Å². The van der Waals surface area contributed by atoms with Gasteiger partial charge in [-0.2, -0.15) is 0 Å². The number of rotatable bonds is 6. The minimum atomic E-state index is -0.914. The molecule has 0 aromatic heterocycles. The summed E-state index contributed by atoms with van der Waals surface area (Å²) in [4.78, 5) is 33.9. The number of amides is 1. The molecule has 0 fully saturated rings. The number of carbonyl (C=O) groups excluding carboxylic acids is 2. The predicted octanol–water partition coefficient (Wildman–Crippen LogP) is 1.28. The van der Waals surface area contributed by atoms with Gasteiger partial charge >= 0.3 is 11.7 Å². The fourth-order valence-electron chi connectivity index (χ4n) is 1.66. The van der Waals surface area contributed by atoms with Crippen LogP contribution in [0.5, 0.6) is 5.75 Å². The smallest absolute Gasteiger partial charge is 0.328 e. The number of nitrogens with one attached hydrogen (secondary N) is 1. The molecule has 1 aromatic rings. The number of ether oxygens (including phenoxy) is 2. The van der Waals surface area contributed by atoms with Crippen molar-refractivity contribution in [2.24, 2.45) is 0 Å². The zero-order chi connectivity index (χ0) is 16.0. The highest BCUT2D eigenvalue weighted by Crippen LogP contribution is 2.30. The number of methoxy groups -OCH3 is 1. The first-order chi connectivity index (χ1) is 9.92. The molecule has 0 aliphatic heterocycles. The van der Waals surface area contributed by atoms with Crippen LogP contribution in [-0.2, 0) is 9.53 Å². The van der Waals surface area contributed by atoms with Crippen molar-refractivity contribution in [3.05, 3.63) is 33.9 Å². The first kappa shape index (κ1) is 16.4. The highest BCUT2D eigenvalue weighted by atomic mass is 16.6. The highest BCUT2D eigenvalue weighted by Gasteiger charge is 2.27. The fraction of sp³-hybridized carbons (Fsp3) is 0.385. The Hall–Kier alpha value is -2.64. The van der Waals surface area contributed by atoms with Crippen LogP contribution in [0.3, 0.4) is 0 Å². The van der Waals surface area contributed by atoms with Crippen molar-refractivity contribution < 1.29 is 24.0 Å². The van der Waals surface area contributed by atoms with Crippen molar-refractivity contribution in [3.63, 3.8) is 0 Å². The van der Waals surface area contributed by atoms with Gasteiger partial charge in [0.1, 0.15) is 11.6 Å². The van der Waals surface area contributed by atoms with Crippen LogP contribution in [0, 0.1) is 10.1 Å². The summed E-state index contributed by atoms with van der Waals surface area (Å²) in [5.41, 5.74) is -0.635. The second kappa shape index (κ2) is 7.22. The molecule has 0 spiro atoms. The lowest BCUT2D eigenvalue weighted by Gasteiger charge is -2.13. The van der Waals surface area contributed by atoms with E-state index in [-0.39, 0.29) is 17.9 Å². The maximum absolute atomic E-state index is 12.1. The third-order valence-corrected chi connectivity index (χ3v) is 2.63. The molecule has 0 saturated heterocycles. The molecule has 1 aromatic carbocycles. The molecule has 0 bridgehead atoms. The average molecular weight is 296 g/mol. The van der Waals surface area contributed by atoms with Gasteiger partial charge in [-0.05, 0) is 26.0 Å². The van der Waals surface area contributed by atoms with Crippen molar-refractivity contribution in [2.45, 2.75) is 19.9 Å². The molecule has 1 amide bonds. The summed E-state index contributed by atoms with van der Waals surface area (Å²) in [6.07, 6.45) is 0. The summed E-state index contributed by atoms with van der Waals surface area (Å²) in [5, 5.41) is 13.4. The van der Waals surface area contributed by atoms with Crippen LogP contribution < -0.4 is 10.1 Å². The Morgan fingerprint density at radius 3 is 2.62 bits per heavy atom. The van der Waals surface area contributed by atoms with E-state index in [4.69, 9.17) is 9.47 Å². The Labute approximate surface area is 121 Å². The van der Waals surface area contributed by atoms with Gasteiger partial charge in [-0.25, -0.2) is 4.79 Å². The van der Waals surface area contributed by atoms with Crippen LogP contribution in [0.1, 0.15) is 24.2 Å². The average Bonchev–Trinajstić information content (AvgIpc) is 2.46. The largest absolute Gasteiger partial charge is 0.490 e. The molecule has 0 saturated carbocycles. The number of hydrogen-bond acceptors (Lipinski definition) is 6. The van der Waals surface area contributed by atoms with Crippen molar-refractivity contribution in [2.75, 3.05) is 13.7 Å². The van der Waals surface area contributed by atoms with Gasteiger partial charge in [0.25, 0.3) is 5.91 Å². The first-order valence-corrected chi connectivity index (χ1v) is 6.21. The van der Waals surface area contributed by atoms with E-state index in [9.17, 15) is 19.7 Å². The monoisotopic (exact) mass is 296 g/mol. The van der Waals surface area contributed by atoms with Crippen LogP contribution in [0.15, 0.2) is 18.2 Å². The molecule has 0 radical (unpaired) electrons. The molecular weight excluding hydrogens is 280 g/mol. The second-order valence-electron chi connectivity index (χ2n) is 4.06. The third kappa shape index (κ3) is 3.91. The van der Waals surface area contributed by atoms with Crippen LogP contribution >= 0.6 is 0 Å². The Bertz CT molecular complexity index is 558. The van der Waals surface area contributed by atoms with Crippen molar-refractivity contribution in [3.8, 4) is 5.75 Å². The number of nitro groups is 1. The summed E-state index contributed by atoms with van der Waals surface area (Å²) in [6.45, 7) is 3.25. The van der Waals surface area contributed by atoms with E-state index >= 15 is 0 Å². The van der Waals surface area contributed by atoms with Crippen LogP contribution in [0.2, 0.25) is 0 Å². The summed E-state index contributed by atoms with van der Waals surface area (Å²) < 4.78 is 9.63. The number of nitrogens with zero attached hydrogens (tertiary/aromatic N) is 1. The van der Waals surface area contributed by atoms with Crippen LogP contribution in [0.4, 0.5) is 5.69 Å². The molecule has 8 heteroatoms. The summed E-state index contributed by atoms with van der Waals surface area (Å²) >= 11 is 0. The molecule has 0 aliphatic rings. The predicted molar refractivity (Wildman–Crippen MR) is 73.2 cm³/mol. The molecular formula is C13H16N2O6. The first-order valence-electron chi connectivity index (χ1n) is 6.21. The number of hydrogen-bond donors (Lipinski definition) is 1. The molecule has 1 rings (SSSR count). The number of carbonyl (C=O) groups is 2. The maximum Gasteiger partial charge on any atom is 0.328 e. The van der Waals surface area contributed by atoms with E-state index in [0.717, 1.165) is 0 Å². The van der Waals surface area contributed by atoms with Gasteiger partial charge in [-0.1, -0.05) is 6.07 Å². The third-order valence-electron chi connectivity index (χ3n) is 2.63. The molecule has 1 unspecified atom stereocenters. The standard InChI is InChI=1S/C13H16N2O6/c1-4-21-13(17)8(2)14-12(16)9-6-5-7-10(20-3)11(9)15(18)19/h5-8H,4H2,1-3H3,(H,14,16). The van der Waals surface area contributed by atoms with Gasteiger partial charge in [-0.3, -0.25) is 14.9 Å². The Morgan fingerprint density at radius 2 is 2.10 bits per heavy atom. The quantitative estimate of drug-likeness (QED) is 0.481. The van der Waals surface area contributed by atoms with Gasteiger partial charge in [0.2, 0.25) is 0 Å². The molecule has 21 heavy (non-hydrogen) atoms. The zero-order valence-electron chi connectivity index (χ0n) is 11.9. The minimum Gasteiger partial charge on any atom is -0.490 e. The second-order valence-corrected chi connectivity index (χ2v) is 4.06. The zero-order valence-corrected chi connectivity index (χ0v) is 11.9. The van der Waals surface area contributed by atoms with Gasteiger partial charge in [-0.15, -0.1) is 0 Å². The molecule has 0 aliphatic carbocycles. The minimum absolute atomic E-state index is 0.0311. The lowest BCUT2D eigenvalue weighted by molar-refractivity contribution is -0.386. The lowest BCUT2D eigenvalue weighted by Crippen LogP contribution is -2.39. The molecule has 1 N–H and O–H groups in total. The molecule has 1 atom stereocenters. The lowest BCUT2D eigenvalue weighted by atomic mass is 10.1. The Kier molecular flexibility index (Phi) is 5.65.